The van der Waals surface area contributed by atoms with E-state index in [-0.39, 0.29) is 18.3 Å². The number of aliphatic hydroxyl groups is 1. The lowest BCUT2D eigenvalue weighted by atomic mass is 9.90. The van der Waals surface area contributed by atoms with Gasteiger partial charge in [-0.05, 0) is 25.7 Å². The predicted molar refractivity (Wildman–Crippen MR) is 68.5 cm³/mol. The first-order valence-corrected chi connectivity index (χ1v) is 7.50. The van der Waals surface area contributed by atoms with Gasteiger partial charge in [0.15, 0.2) is 0 Å². The maximum absolute atomic E-state index is 10.2. The molecule has 4 unspecified atom stereocenters. The molecule has 0 aromatic carbocycles. The second-order valence-electron chi connectivity index (χ2n) is 5.87. The van der Waals surface area contributed by atoms with Gasteiger partial charge in [-0.15, -0.1) is 0 Å². The molecule has 0 amide bonds. The van der Waals surface area contributed by atoms with E-state index < -0.39 is 0 Å². The van der Waals surface area contributed by atoms with Crippen LogP contribution >= 0.6 is 0 Å². The summed E-state index contributed by atoms with van der Waals surface area (Å²) in [6.07, 6.45) is 7.20. The number of nitrogens with zero attached hydrogens (tertiary/aromatic N) is 1. The largest absolute Gasteiger partial charge is 0.391 e. The molecule has 2 aliphatic heterocycles. The van der Waals surface area contributed by atoms with Gasteiger partial charge in [0.05, 0.1) is 24.9 Å². The molecule has 0 bridgehead atoms. The quantitative estimate of drug-likeness (QED) is 0.804. The number of aliphatic hydroxyl groups excluding tert-OH is 1. The third-order valence-corrected chi connectivity index (χ3v) is 4.67. The van der Waals surface area contributed by atoms with E-state index in [0.717, 1.165) is 52.0 Å². The van der Waals surface area contributed by atoms with E-state index in [0.29, 0.717) is 6.04 Å². The van der Waals surface area contributed by atoms with Crippen LogP contribution in [0.15, 0.2) is 0 Å². The summed E-state index contributed by atoms with van der Waals surface area (Å²) in [5, 5.41) is 10.2. The predicted octanol–water partition coefficient (Wildman–Crippen LogP) is 1.17. The van der Waals surface area contributed by atoms with Crippen molar-refractivity contribution in [3.63, 3.8) is 0 Å². The Kier molecular flexibility index (Phi) is 4.19. The van der Waals surface area contributed by atoms with Gasteiger partial charge < -0.3 is 14.6 Å². The minimum atomic E-state index is -0.137. The van der Waals surface area contributed by atoms with E-state index in [4.69, 9.17) is 9.47 Å². The smallest absolute Gasteiger partial charge is 0.0963 e. The number of hydrogen-bond donors (Lipinski definition) is 1. The van der Waals surface area contributed by atoms with Crippen LogP contribution in [-0.4, -0.2) is 60.7 Å². The number of morpholine rings is 1. The van der Waals surface area contributed by atoms with Gasteiger partial charge in [-0.3, -0.25) is 4.90 Å². The standard InChI is InChI=1S/C14H25NO3/c16-12-5-2-1-4-11(12)15-7-9-18-14(10-15)13-6-3-8-17-13/h11-14,16H,1-10H2. The van der Waals surface area contributed by atoms with Gasteiger partial charge in [-0.1, -0.05) is 12.8 Å². The van der Waals surface area contributed by atoms with Crippen LogP contribution in [0.2, 0.25) is 0 Å². The summed E-state index contributed by atoms with van der Waals surface area (Å²) in [6, 6.07) is 0.353. The second-order valence-corrected chi connectivity index (χ2v) is 5.87. The van der Waals surface area contributed by atoms with Crippen LogP contribution in [0.5, 0.6) is 0 Å². The Morgan fingerprint density at radius 1 is 0.889 bits per heavy atom. The first-order chi connectivity index (χ1) is 8.84. The van der Waals surface area contributed by atoms with Gasteiger partial charge in [0.2, 0.25) is 0 Å². The van der Waals surface area contributed by atoms with Gasteiger partial charge in [-0.25, -0.2) is 0 Å². The highest BCUT2D eigenvalue weighted by Crippen LogP contribution is 2.27. The first-order valence-electron chi connectivity index (χ1n) is 7.50. The molecule has 2 saturated heterocycles. The van der Waals surface area contributed by atoms with Crippen LogP contribution in [0, 0.1) is 0 Å². The molecule has 4 heteroatoms. The summed E-state index contributed by atoms with van der Waals surface area (Å²) in [6.45, 7) is 3.57. The third-order valence-electron chi connectivity index (χ3n) is 4.67. The van der Waals surface area contributed by atoms with E-state index in [2.05, 4.69) is 4.90 Å². The molecular weight excluding hydrogens is 230 g/mol. The van der Waals surface area contributed by atoms with Gasteiger partial charge in [-0.2, -0.15) is 0 Å². The van der Waals surface area contributed by atoms with Crippen LogP contribution in [0.25, 0.3) is 0 Å². The van der Waals surface area contributed by atoms with Crippen molar-refractivity contribution in [3.8, 4) is 0 Å². The minimum absolute atomic E-state index is 0.137. The topological polar surface area (TPSA) is 41.9 Å². The van der Waals surface area contributed by atoms with E-state index >= 15 is 0 Å². The zero-order valence-electron chi connectivity index (χ0n) is 11.1. The summed E-state index contributed by atoms with van der Waals surface area (Å²) in [7, 11) is 0. The normalized spacial score (nSPS) is 43.2. The SMILES string of the molecule is OC1CCCCC1N1CCOC(C2CCCO2)C1. The Morgan fingerprint density at radius 2 is 1.72 bits per heavy atom. The average molecular weight is 255 g/mol. The van der Waals surface area contributed by atoms with E-state index in [1.165, 1.54) is 12.8 Å². The van der Waals surface area contributed by atoms with Crippen molar-refractivity contribution in [2.45, 2.75) is 62.9 Å². The van der Waals surface area contributed by atoms with E-state index in [9.17, 15) is 5.11 Å². The summed E-state index contributed by atoms with van der Waals surface area (Å²) >= 11 is 0. The lowest BCUT2D eigenvalue weighted by Crippen LogP contribution is -2.55. The monoisotopic (exact) mass is 255 g/mol. The van der Waals surface area contributed by atoms with Crippen molar-refractivity contribution < 1.29 is 14.6 Å². The summed E-state index contributed by atoms with van der Waals surface area (Å²) < 4.78 is 11.6. The Bertz CT molecular complexity index is 268. The summed E-state index contributed by atoms with van der Waals surface area (Å²) in [4.78, 5) is 2.44. The fourth-order valence-corrected chi connectivity index (χ4v) is 3.64. The first kappa shape index (κ1) is 12.9. The van der Waals surface area contributed by atoms with Crippen LogP contribution < -0.4 is 0 Å². The lowest BCUT2D eigenvalue weighted by Gasteiger charge is -2.43. The van der Waals surface area contributed by atoms with Crippen LogP contribution in [0.1, 0.15) is 38.5 Å². The molecule has 18 heavy (non-hydrogen) atoms. The van der Waals surface area contributed by atoms with Crippen molar-refractivity contribution in [1.82, 2.24) is 4.90 Å². The van der Waals surface area contributed by atoms with Crippen molar-refractivity contribution in [2.24, 2.45) is 0 Å². The number of rotatable bonds is 2. The molecule has 3 aliphatic rings. The zero-order valence-corrected chi connectivity index (χ0v) is 11.1. The fraction of sp³-hybridized carbons (Fsp3) is 1.00. The summed E-state index contributed by atoms with van der Waals surface area (Å²) in [5.41, 5.74) is 0. The molecule has 1 saturated carbocycles. The van der Waals surface area contributed by atoms with Crippen molar-refractivity contribution >= 4 is 0 Å². The maximum Gasteiger partial charge on any atom is 0.0963 e. The molecule has 4 atom stereocenters. The highest BCUT2D eigenvalue weighted by molar-refractivity contribution is 4.88. The van der Waals surface area contributed by atoms with Crippen LogP contribution in [0.3, 0.4) is 0 Å². The Labute approximate surface area is 109 Å². The highest BCUT2D eigenvalue weighted by atomic mass is 16.5. The van der Waals surface area contributed by atoms with Crippen molar-refractivity contribution in [2.75, 3.05) is 26.3 Å². The molecule has 0 radical (unpaired) electrons. The zero-order chi connectivity index (χ0) is 12.4. The second kappa shape index (κ2) is 5.87. The molecule has 1 aliphatic carbocycles. The molecule has 1 N–H and O–H groups in total. The number of ether oxygens (including phenoxy) is 2. The third kappa shape index (κ3) is 2.72. The van der Waals surface area contributed by atoms with Gasteiger partial charge in [0.25, 0.3) is 0 Å². The fourth-order valence-electron chi connectivity index (χ4n) is 3.64. The average Bonchev–Trinajstić information content (AvgIpc) is 2.93. The minimum Gasteiger partial charge on any atom is -0.391 e. The highest BCUT2D eigenvalue weighted by Gasteiger charge is 2.36. The maximum atomic E-state index is 10.2. The van der Waals surface area contributed by atoms with Crippen molar-refractivity contribution in [1.29, 1.82) is 0 Å². The molecule has 3 rings (SSSR count). The molecule has 4 nitrogen and oxygen atoms in total. The molecule has 104 valence electrons. The van der Waals surface area contributed by atoms with Gasteiger partial charge in [0.1, 0.15) is 0 Å². The Balaban J connectivity index is 1.58. The van der Waals surface area contributed by atoms with Gasteiger partial charge in [0, 0.05) is 25.7 Å². The molecule has 0 aromatic rings. The lowest BCUT2D eigenvalue weighted by molar-refractivity contribution is -0.117. The summed E-state index contributed by atoms with van der Waals surface area (Å²) in [5.74, 6) is 0. The Hall–Kier alpha value is -0.160. The number of hydrogen-bond acceptors (Lipinski definition) is 4. The molecular formula is C14H25NO3. The van der Waals surface area contributed by atoms with E-state index in [1.54, 1.807) is 0 Å². The molecule has 3 fully saturated rings. The molecule has 0 aromatic heterocycles. The van der Waals surface area contributed by atoms with Crippen LogP contribution in [0.4, 0.5) is 0 Å². The Morgan fingerprint density at radius 3 is 2.50 bits per heavy atom. The van der Waals surface area contributed by atoms with Gasteiger partial charge >= 0.3 is 0 Å². The molecule has 0 spiro atoms. The van der Waals surface area contributed by atoms with E-state index in [1.807, 2.05) is 0 Å². The van der Waals surface area contributed by atoms with Crippen molar-refractivity contribution in [3.05, 3.63) is 0 Å². The van der Waals surface area contributed by atoms with Crippen LogP contribution in [-0.2, 0) is 9.47 Å². The molecule has 2 heterocycles.